The summed E-state index contributed by atoms with van der Waals surface area (Å²) in [6.45, 7) is 1.98. The van der Waals surface area contributed by atoms with Crippen LogP contribution >= 0.6 is 23.4 Å². The highest BCUT2D eigenvalue weighted by atomic mass is 35.5. The summed E-state index contributed by atoms with van der Waals surface area (Å²) in [5.74, 6) is 0.649. The fourth-order valence-corrected chi connectivity index (χ4v) is 3.15. The molecule has 3 unspecified atom stereocenters. The Morgan fingerprint density at radius 3 is 2.42 bits per heavy atom. The Morgan fingerprint density at radius 2 is 2.08 bits per heavy atom. The Bertz CT molecular complexity index is 183. The van der Waals surface area contributed by atoms with E-state index < -0.39 is 10.8 Å². The van der Waals surface area contributed by atoms with Crippen molar-refractivity contribution in [3.63, 3.8) is 0 Å². The normalized spacial score (nSPS) is 48.2. The minimum Gasteiger partial charge on any atom is -0.358 e. The molecular formula is C7H14ClNO2S. The third kappa shape index (κ3) is 1.26. The van der Waals surface area contributed by atoms with Gasteiger partial charge in [0.05, 0.1) is 0 Å². The molecule has 0 aromatic carbocycles. The van der Waals surface area contributed by atoms with Crippen molar-refractivity contribution in [2.24, 2.45) is 5.73 Å². The molecule has 0 bridgehead atoms. The van der Waals surface area contributed by atoms with Gasteiger partial charge in [-0.2, -0.15) is 0 Å². The van der Waals surface area contributed by atoms with Crippen LogP contribution in [0.3, 0.4) is 0 Å². The molecule has 72 valence electrons. The molecule has 3 nitrogen and oxygen atoms in total. The zero-order valence-corrected chi connectivity index (χ0v) is 9.04. The smallest absolute Gasteiger partial charge is 0.193 e. The molecule has 0 aliphatic carbocycles. The number of thioether (sulfide) groups is 1. The topological polar surface area (TPSA) is 44.5 Å². The quantitative estimate of drug-likeness (QED) is 0.547. The number of methoxy groups -OCH3 is 2. The Morgan fingerprint density at radius 1 is 1.50 bits per heavy atom. The molecule has 0 spiro atoms. The number of halogens is 1. The van der Waals surface area contributed by atoms with Crippen LogP contribution in [0.4, 0.5) is 0 Å². The number of alkyl halides is 1. The van der Waals surface area contributed by atoms with Crippen molar-refractivity contribution in [3.8, 4) is 0 Å². The average Bonchev–Trinajstić information content (AvgIpc) is 2.31. The van der Waals surface area contributed by atoms with Gasteiger partial charge in [0.15, 0.2) is 10.8 Å². The lowest BCUT2D eigenvalue weighted by Crippen LogP contribution is -2.61. The van der Waals surface area contributed by atoms with Crippen LogP contribution < -0.4 is 5.73 Å². The number of nitrogens with two attached hydrogens (primary N) is 1. The van der Waals surface area contributed by atoms with E-state index >= 15 is 0 Å². The van der Waals surface area contributed by atoms with Crippen molar-refractivity contribution in [2.45, 2.75) is 23.0 Å². The fourth-order valence-electron chi connectivity index (χ4n) is 1.31. The van der Waals surface area contributed by atoms with E-state index in [1.54, 1.807) is 26.0 Å². The van der Waals surface area contributed by atoms with Crippen LogP contribution in [0.25, 0.3) is 0 Å². The third-order valence-corrected chi connectivity index (χ3v) is 4.53. The lowest BCUT2D eigenvalue weighted by atomic mass is 10.1. The largest absolute Gasteiger partial charge is 0.358 e. The maximum atomic E-state index is 6.16. The lowest BCUT2D eigenvalue weighted by molar-refractivity contribution is -0.119. The summed E-state index contributed by atoms with van der Waals surface area (Å²) in [6.07, 6.45) is 0. The molecule has 1 rings (SSSR count). The molecule has 1 saturated heterocycles. The summed E-state index contributed by atoms with van der Waals surface area (Å²) in [7, 11) is 3.10. The predicted molar refractivity (Wildman–Crippen MR) is 51.4 cm³/mol. The molecule has 1 aliphatic rings. The second-order valence-electron chi connectivity index (χ2n) is 2.88. The number of hydrogen-bond acceptors (Lipinski definition) is 4. The summed E-state index contributed by atoms with van der Waals surface area (Å²) in [4.78, 5) is 0. The van der Waals surface area contributed by atoms with Gasteiger partial charge in [-0.05, 0) is 6.92 Å². The van der Waals surface area contributed by atoms with Gasteiger partial charge in [0.2, 0.25) is 0 Å². The summed E-state index contributed by atoms with van der Waals surface area (Å²) >= 11 is 7.82. The second-order valence-corrected chi connectivity index (χ2v) is 4.82. The summed E-state index contributed by atoms with van der Waals surface area (Å²) in [6, 6.07) is 0. The molecule has 3 atom stereocenters. The Kier molecular flexibility index (Phi) is 2.96. The molecule has 1 fully saturated rings. The van der Waals surface area contributed by atoms with Crippen molar-refractivity contribution in [1.29, 1.82) is 0 Å². The van der Waals surface area contributed by atoms with E-state index in [0.29, 0.717) is 5.75 Å². The fraction of sp³-hybridized carbons (Fsp3) is 1.00. The first-order valence-corrected chi connectivity index (χ1v) is 5.12. The van der Waals surface area contributed by atoms with E-state index in [1.807, 2.05) is 6.92 Å². The van der Waals surface area contributed by atoms with Crippen LogP contribution in [0.5, 0.6) is 0 Å². The van der Waals surface area contributed by atoms with Gasteiger partial charge in [0.25, 0.3) is 0 Å². The maximum Gasteiger partial charge on any atom is 0.193 e. The Balaban J connectivity index is 2.91. The molecule has 1 heterocycles. The van der Waals surface area contributed by atoms with E-state index in [4.69, 9.17) is 26.8 Å². The van der Waals surface area contributed by atoms with Gasteiger partial charge < -0.3 is 9.47 Å². The monoisotopic (exact) mass is 211 g/mol. The predicted octanol–water partition coefficient (Wildman–Crippen LogP) is 1.00. The van der Waals surface area contributed by atoms with Crippen LogP contribution in [0.2, 0.25) is 0 Å². The molecule has 0 radical (unpaired) electrons. The lowest BCUT2D eigenvalue weighted by Gasteiger charge is -2.37. The second kappa shape index (κ2) is 3.35. The van der Waals surface area contributed by atoms with Gasteiger partial charge in [0, 0.05) is 25.2 Å². The Labute approximate surface area is 81.9 Å². The highest BCUT2D eigenvalue weighted by Crippen LogP contribution is 2.46. The van der Waals surface area contributed by atoms with Crippen molar-refractivity contribution >= 4 is 23.4 Å². The zero-order valence-electron chi connectivity index (χ0n) is 7.46. The molecule has 1 aliphatic heterocycles. The number of ether oxygens (including phenoxy) is 2. The van der Waals surface area contributed by atoms with Crippen molar-refractivity contribution in [1.82, 2.24) is 0 Å². The molecular weight excluding hydrogens is 198 g/mol. The highest BCUT2D eigenvalue weighted by molar-refractivity contribution is 8.00. The molecule has 0 amide bonds. The van der Waals surface area contributed by atoms with Crippen LogP contribution in [-0.4, -0.2) is 36.0 Å². The van der Waals surface area contributed by atoms with E-state index in [1.165, 1.54) is 0 Å². The first-order valence-electron chi connectivity index (χ1n) is 3.70. The van der Waals surface area contributed by atoms with Gasteiger partial charge in [-0.15, -0.1) is 11.8 Å². The first-order chi connectivity index (χ1) is 5.50. The van der Waals surface area contributed by atoms with Gasteiger partial charge in [-0.25, -0.2) is 0 Å². The van der Waals surface area contributed by atoms with E-state index in [0.717, 1.165) is 0 Å². The van der Waals surface area contributed by atoms with Crippen molar-refractivity contribution < 1.29 is 9.47 Å². The van der Waals surface area contributed by atoms with Crippen LogP contribution in [0.15, 0.2) is 0 Å². The Hall–Kier alpha value is 0.520. The minimum atomic E-state index is -0.897. The van der Waals surface area contributed by atoms with Crippen molar-refractivity contribution in [2.75, 3.05) is 20.0 Å². The van der Waals surface area contributed by atoms with Crippen molar-refractivity contribution in [3.05, 3.63) is 0 Å². The SMILES string of the molecule is COC1(Cl)CSC(C)C1(N)OC. The summed E-state index contributed by atoms with van der Waals surface area (Å²) < 4.78 is 10.4. The first kappa shape index (κ1) is 10.6. The summed E-state index contributed by atoms with van der Waals surface area (Å²) in [5, 5.41) is -0.758. The summed E-state index contributed by atoms with van der Waals surface area (Å²) in [5.41, 5.74) is 5.10. The number of hydrogen-bond donors (Lipinski definition) is 1. The molecule has 5 heteroatoms. The highest BCUT2D eigenvalue weighted by Gasteiger charge is 2.58. The van der Waals surface area contributed by atoms with Crippen LogP contribution in [0, 0.1) is 0 Å². The molecule has 0 saturated carbocycles. The standard InChI is InChI=1S/C7H14ClNO2S/c1-5-7(9,11-3)6(8,10-2)4-12-5/h5H,4,9H2,1-3H3. The average molecular weight is 212 g/mol. The maximum absolute atomic E-state index is 6.16. The zero-order chi connectivity index (χ0) is 9.41. The molecule has 2 N–H and O–H groups in total. The molecule has 0 aromatic heterocycles. The molecule has 0 aromatic rings. The van der Waals surface area contributed by atoms with Gasteiger partial charge in [-0.3, -0.25) is 5.73 Å². The van der Waals surface area contributed by atoms with Gasteiger partial charge in [0.1, 0.15) is 0 Å². The van der Waals surface area contributed by atoms with E-state index in [9.17, 15) is 0 Å². The van der Waals surface area contributed by atoms with Crippen LogP contribution in [0.1, 0.15) is 6.92 Å². The third-order valence-electron chi connectivity index (χ3n) is 2.37. The molecule has 12 heavy (non-hydrogen) atoms. The van der Waals surface area contributed by atoms with Gasteiger partial charge in [-0.1, -0.05) is 11.6 Å². The van der Waals surface area contributed by atoms with Gasteiger partial charge >= 0.3 is 0 Å². The number of rotatable bonds is 2. The minimum absolute atomic E-state index is 0.139. The van der Waals surface area contributed by atoms with E-state index in [-0.39, 0.29) is 5.25 Å². The van der Waals surface area contributed by atoms with Crippen LogP contribution in [-0.2, 0) is 9.47 Å². The van der Waals surface area contributed by atoms with E-state index in [2.05, 4.69) is 0 Å².